The highest BCUT2D eigenvalue weighted by molar-refractivity contribution is 14.0. The summed E-state index contributed by atoms with van der Waals surface area (Å²) in [4.78, 5) is 18.9. The van der Waals surface area contributed by atoms with Crippen LogP contribution in [0.25, 0.3) is 0 Å². The lowest BCUT2D eigenvalue weighted by Gasteiger charge is -2.22. The van der Waals surface area contributed by atoms with Crippen molar-refractivity contribution < 1.29 is 4.79 Å². The number of guanidine groups is 1. The number of carbonyl (C=O) groups is 1. The van der Waals surface area contributed by atoms with Gasteiger partial charge < -0.3 is 20.1 Å². The Bertz CT molecular complexity index is 811. The molecular weight excluding hydrogens is 524 g/mol. The van der Waals surface area contributed by atoms with Crippen LogP contribution in [0.3, 0.4) is 0 Å². The van der Waals surface area contributed by atoms with Gasteiger partial charge in [0.2, 0.25) is 5.91 Å². The van der Waals surface area contributed by atoms with E-state index in [2.05, 4.69) is 15.6 Å². The minimum absolute atomic E-state index is 0. The minimum atomic E-state index is 0. The van der Waals surface area contributed by atoms with Crippen molar-refractivity contribution >= 4 is 59.0 Å². The highest BCUT2D eigenvalue weighted by Crippen LogP contribution is 2.25. The van der Waals surface area contributed by atoms with Crippen LogP contribution >= 0.6 is 47.2 Å². The smallest absolute Gasteiger partial charge is 0.242 e. The first kappa shape index (κ1) is 25.6. The molecule has 0 spiro atoms. The third kappa shape index (κ3) is 7.71. The molecule has 0 saturated heterocycles. The molecule has 160 valence electrons. The summed E-state index contributed by atoms with van der Waals surface area (Å²) in [6.45, 7) is 6.44. The van der Waals surface area contributed by atoms with Gasteiger partial charge >= 0.3 is 0 Å². The molecule has 1 aromatic carbocycles. The molecule has 0 unspecified atom stereocenters. The number of rotatable bonds is 8. The standard InChI is InChI=1S/C20H27Cl2N5O.HI/c1-4-23-20(24-12-16-11-17(21)19(22)26(16)3)25-13-18(28)27(5-2)14-15-9-7-6-8-10-15;/h6-11H,4-5,12-14H2,1-3H3,(H2,23,24,25);1H. The molecule has 29 heavy (non-hydrogen) atoms. The van der Waals surface area contributed by atoms with Gasteiger partial charge in [-0.2, -0.15) is 0 Å². The summed E-state index contributed by atoms with van der Waals surface area (Å²) in [5.41, 5.74) is 1.99. The van der Waals surface area contributed by atoms with Gasteiger partial charge in [0.1, 0.15) is 5.15 Å². The zero-order chi connectivity index (χ0) is 20.5. The zero-order valence-electron chi connectivity index (χ0n) is 16.9. The van der Waals surface area contributed by atoms with Crippen LogP contribution in [0, 0.1) is 0 Å². The van der Waals surface area contributed by atoms with Crippen LogP contribution < -0.4 is 10.6 Å². The number of aliphatic imine (C=N–C) groups is 1. The predicted molar refractivity (Wildman–Crippen MR) is 131 cm³/mol. The quantitative estimate of drug-likeness (QED) is 0.295. The number of aromatic nitrogens is 1. The van der Waals surface area contributed by atoms with Crippen LogP contribution in [0.15, 0.2) is 41.4 Å². The Balaban J connectivity index is 0.00000420. The van der Waals surface area contributed by atoms with E-state index in [0.29, 0.717) is 42.3 Å². The second-order valence-corrected chi connectivity index (χ2v) is 7.04. The van der Waals surface area contributed by atoms with Crippen LogP contribution in [-0.2, 0) is 24.9 Å². The van der Waals surface area contributed by atoms with Gasteiger partial charge in [0.15, 0.2) is 5.96 Å². The van der Waals surface area contributed by atoms with Crippen LogP contribution in [0.1, 0.15) is 25.1 Å². The molecule has 0 fully saturated rings. The molecule has 2 N–H and O–H groups in total. The summed E-state index contributed by atoms with van der Waals surface area (Å²) >= 11 is 12.1. The molecule has 1 aromatic heterocycles. The molecule has 0 bridgehead atoms. The van der Waals surface area contributed by atoms with Gasteiger partial charge in [-0.15, -0.1) is 24.0 Å². The molecule has 2 rings (SSSR count). The number of nitrogens with one attached hydrogen (secondary N) is 2. The van der Waals surface area contributed by atoms with E-state index in [1.54, 1.807) is 10.6 Å². The van der Waals surface area contributed by atoms with Crippen molar-refractivity contribution in [3.8, 4) is 0 Å². The lowest BCUT2D eigenvalue weighted by molar-refractivity contribution is -0.130. The predicted octanol–water partition coefficient (Wildman–Crippen LogP) is 4.05. The Labute approximate surface area is 199 Å². The minimum Gasteiger partial charge on any atom is -0.357 e. The molecule has 0 aliphatic carbocycles. The molecule has 0 radical (unpaired) electrons. The van der Waals surface area contributed by atoms with Crippen molar-refractivity contribution in [2.45, 2.75) is 26.9 Å². The average molecular weight is 552 g/mol. The number of amides is 1. The lowest BCUT2D eigenvalue weighted by atomic mass is 10.2. The van der Waals surface area contributed by atoms with E-state index in [0.717, 1.165) is 11.3 Å². The van der Waals surface area contributed by atoms with Crippen LogP contribution in [-0.4, -0.2) is 41.0 Å². The molecule has 6 nitrogen and oxygen atoms in total. The van der Waals surface area contributed by atoms with Gasteiger partial charge in [-0.05, 0) is 25.5 Å². The normalized spacial score (nSPS) is 11.0. The molecular formula is C20H28Cl2IN5O. The van der Waals surface area contributed by atoms with E-state index in [-0.39, 0.29) is 36.4 Å². The van der Waals surface area contributed by atoms with Crippen LogP contribution in [0.4, 0.5) is 0 Å². The zero-order valence-corrected chi connectivity index (χ0v) is 20.8. The van der Waals surface area contributed by atoms with E-state index in [1.807, 2.05) is 56.1 Å². The molecule has 0 atom stereocenters. The van der Waals surface area contributed by atoms with E-state index < -0.39 is 0 Å². The molecule has 9 heteroatoms. The Hall–Kier alpha value is -1.45. The molecule has 0 saturated carbocycles. The molecule has 1 heterocycles. The van der Waals surface area contributed by atoms with Crippen molar-refractivity contribution in [1.29, 1.82) is 0 Å². The fourth-order valence-electron chi connectivity index (χ4n) is 2.69. The van der Waals surface area contributed by atoms with E-state index in [9.17, 15) is 4.79 Å². The molecule has 0 aliphatic rings. The van der Waals surface area contributed by atoms with Gasteiger partial charge in [0.05, 0.1) is 18.1 Å². The fourth-order valence-corrected chi connectivity index (χ4v) is 3.11. The SMILES string of the molecule is CCNC(=NCc1cc(Cl)c(Cl)n1C)NCC(=O)N(CC)Cc1ccccc1.I. The molecule has 1 amide bonds. The summed E-state index contributed by atoms with van der Waals surface area (Å²) in [6.07, 6.45) is 0. The first-order valence-corrected chi connectivity index (χ1v) is 10.0. The summed E-state index contributed by atoms with van der Waals surface area (Å²) < 4.78 is 1.79. The van der Waals surface area contributed by atoms with Crippen molar-refractivity contribution in [3.05, 3.63) is 57.8 Å². The Morgan fingerprint density at radius 2 is 1.86 bits per heavy atom. The summed E-state index contributed by atoms with van der Waals surface area (Å²) in [7, 11) is 1.84. The van der Waals surface area contributed by atoms with Gasteiger partial charge in [-0.25, -0.2) is 4.99 Å². The van der Waals surface area contributed by atoms with Crippen molar-refractivity contribution in [3.63, 3.8) is 0 Å². The topological polar surface area (TPSA) is 61.7 Å². The van der Waals surface area contributed by atoms with Gasteiger partial charge in [-0.1, -0.05) is 53.5 Å². The summed E-state index contributed by atoms with van der Waals surface area (Å²) in [6, 6.07) is 11.8. The maximum absolute atomic E-state index is 12.6. The fraction of sp³-hybridized carbons (Fsp3) is 0.400. The molecule has 2 aromatic rings. The van der Waals surface area contributed by atoms with Crippen molar-refractivity contribution in [2.75, 3.05) is 19.6 Å². The highest BCUT2D eigenvalue weighted by Gasteiger charge is 2.13. The monoisotopic (exact) mass is 551 g/mol. The number of likely N-dealkylation sites (N-methyl/N-ethyl adjacent to an activating group) is 1. The summed E-state index contributed by atoms with van der Waals surface area (Å²) in [5.74, 6) is 0.585. The van der Waals surface area contributed by atoms with Gasteiger partial charge in [0, 0.05) is 32.4 Å². The van der Waals surface area contributed by atoms with E-state index in [4.69, 9.17) is 23.2 Å². The van der Waals surface area contributed by atoms with Gasteiger partial charge in [0.25, 0.3) is 0 Å². The maximum Gasteiger partial charge on any atom is 0.242 e. The lowest BCUT2D eigenvalue weighted by Crippen LogP contribution is -2.44. The van der Waals surface area contributed by atoms with Crippen molar-refractivity contribution in [2.24, 2.45) is 12.0 Å². The number of benzene rings is 1. The number of nitrogens with zero attached hydrogens (tertiary/aromatic N) is 3. The largest absolute Gasteiger partial charge is 0.357 e. The Kier molecular flexibility index (Phi) is 11.4. The summed E-state index contributed by atoms with van der Waals surface area (Å²) in [5, 5.41) is 7.24. The average Bonchev–Trinajstić information content (AvgIpc) is 2.95. The third-order valence-corrected chi connectivity index (χ3v) is 5.16. The maximum atomic E-state index is 12.6. The Morgan fingerprint density at radius 3 is 2.41 bits per heavy atom. The van der Waals surface area contributed by atoms with Crippen LogP contribution in [0.2, 0.25) is 10.2 Å². The second kappa shape index (κ2) is 13.0. The number of hydrogen-bond acceptors (Lipinski definition) is 2. The van der Waals surface area contributed by atoms with Crippen molar-refractivity contribution in [1.82, 2.24) is 20.1 Å². The van der Waals surface area contributed by atoms with Gasteiger partial charge in [-0.3, -0.25) is 4.79 Å². The molecule has 0 aliphatic heterocycles. The van der Waals surface area contributed by atoms with Crippen LogP contribution in [0.5, 0.6) is 0 Å². The third-order valence-electron chi connectivity index (χ3n) is 4.32. The number of carbonyl (C=O) groups excluding carboxylic acids is 1. The first-order chi connectivity index (χ1) is 13.5. The second-order valence-electron chi connectivity index (χ2n) is 6.28. The van der Waals surface area contributed by atoms with E-state index >= 15 is 0 Å². The number of hydrogen-bond donors (Lipinski definition) is 2. The number of halogens is 3. The first-order valence-electron chi connectivity index (χ1n) is 9.29. The van der Waals surface area contributed by atoms with E-state index in [1.165, 1.54) is 0 Å². The Morgan fingerprint density at radius 1 is 1.17 bits per heavy atom. The highest BCUT2D eigenvalue weighted by atomic mass is 127.